The van der Waals surface area contributed by atoms with Crippen LogP contribution in [0.4, 0.5) is 0 Å². The molecule has 0 radical (unpaired) electrons. The Hall–Kier alpha value is -1.23. The molecule has 174 valence electrons. The van der Waals surface area contributed by atoms with Gasteiger partial charge in [-0.25, -0.2) is 8.42 Å². The molecule has 1 aromatic heterocycles. The van der Waals surface area contributed by atoms with Crippen LogP contribution in [-0.2, 0) is 45.4 Å². The predicted molar refractivity (Wildman–Crippen MR) is 133 cm³/mol. The van der Waals surface area contributed by atoms with Crippen molar-refractivity contribution in [3.63, 3.8) is 0 Å². The van der Waals surface area contributed by atoms with Crippen LogP contribution in [0.25, 0.3) is 0 Å². The van der Waals surface area contributed by atoms with Crippen molar-refractivity contribution in [1.29, 1.82) is 0 Å². The van der Waals surface area contributed by atoms with Crippen LogP contribution in [0, 0.1) is 6.92 Å². The van der Waals surface area contributed by atoms with Gasteiger partial charge in [-0.1, -0.05) is 41.6 Å². The molecule has 8 heteroatoms. The highest BCUT2D eigenvalue weighted by molar-refractivity contribution is 14.1. The van der Waals surface area contributed by atoms with Crippen LogP contribution in [0.2, 0.25) is 0 Å². The number of Topliss-reactive ketones (excluding diaryl/α,β-unsaturated/α-hetero) is 1. The van der Waals surface area contributed by atoms with Gasteiger partial charge in [0, 0.05) is 27.9 Å². The van der Waals surface area contributed by atoms with Crippen molar-refractivity contribution in [2.75, 3.05) is 26.3 Å². The minimum absolute atomic E-state index is 0.165. The van der Waals surface area contributed by atoms with Crippen molar-refractivity contribution in [2.24, 2.45) is 0 Å². The highest BCUT2D eigenvalue weighted by atomic mass is 127. The van der Waals surface area contributed by atoms with Crippen molar-refractivity contribution in [3.8, 4) is 0 Å². The van der Waals surface area contributed by atoms with E-state index in [4.69, 9.17) is 4.74 Å². The lowest BCUT2D eigenvalue weighted by Gasteiger charge is -2.29. The Morgan fingerprint density at radius 1 is 1.19 bits per heavy atom. The molecule has 1 atom stereocenters. The topological polar surface area (TPSA) is 68.6 Å². The number of alkyl halides is 1. The molecular formula is C24H31IN2O4S. The first-order valence-electron chi connectivity index (χ1n) is 11.1. The summed E-state index contributed by atoms with van der Waals surface area (Å²) in [7, 11) is -3.49. The summed E-state index contributed by atoms with van der Waals surface area (Å²) in [5.74, 6) is 0.165. The molecule has 0 N–H and O–H groups in total. The summed E-state index contributed by atoms with van der Waals surface area (Å²) in [5.41, 5.74) is 6.19. The monoisotopic (exact) mass is 570 g/mol. The van der Waals surface area contributed by atoms with E-state index in [-0.39, 0.29) is 9.20 Å². The van der Waals surface area contributed by atoms with Gasteiger partial charge in [-0.3, -0.25) is 4.79 Å². The van der Waals surface area contributed by atoms with Gasteiger partial charge in [-0.15, -0.1) is 0 Å². The zero-order valence-electron chi connectivity index (χ0n) is 19.0. The fourth-order valence-corrected chi connectivity index (χ4v) is 6.90. The van der Waals surface area contributed by atoms with Crippen LogP contribution in [0.15, 0.2) is 29.2 Å². The number of ketones is 1. The fourth-order valence-electron chi connectivity index (χ4n) is 4.84. The number of benzene rings is 1. The second-order valence-corrected chi connectivity index (χ2v) is 13.7. The third kappa shape index (κ3) is 4.83. The Kier molecular flexibility index (Phi) is 6.87. The minimum atomic E-state index is -3.49. The van der Waals surface area contributed by atoms with Crippen molar-refractivity contribution in [2.45, 2.75) is 61.3 Å². The normalized spacial score (nSPS) is 22.0. The summed E-state index contributed by atoms with van der Waals surface area (Å²) in [6, 6.07) is 7.29. The van der Waals surface area contributed by atoms with E-state index in [1.54, 1.807) is 19.1 Å². The molecule has 2 aromatic rings. The molecule has 1 aliphatic heterocycles. The first kappa shape index (κ1) is 23.9. The maximum atomic E-state index is 12.9. The van der Waals surface area contributed by atoms with E-state index < -0.39 is 10.0 Å². The van der Waals surface area contributed by atoms with Crippen LogP contribution in [0.1, 0.15) is 48.3 Å². The first-order valence-corrected chi connectivity index (χ1v) is 13.7. The zero-order valence-corrected chi connectivity index (χ0v) is 22.0. The fraction of sp³-hybridized carbons (Fsp3) is 0.542. The van der Waals surface area contributed by atoms with Crippen molar-refractivity contribution >= 4 is 38.4 Å². The summed E-state index contributed by atoms with van der Waals surface area (Å²) < 4.78 is 35.0. The number of rotatable bonds is 6. The molecule has 4 rings (SSSR count). The second-order valence-electron chi connectivity index (χ2n) is 9.20. The molecule has 1 fully saturated rings. The van der Waals surface area contributed by atoms with Gasteiger partial charge in [0.1, 0.15) is 5.78 Å². The molecule has 0 bridgehead atoms. The number of sulfonamides is 1. The predicted octanol–water partition coefficient (Wildman–Crippen LogP) is 3.68. The van der Waals surface area contributed by atoms with Gasteiger partial charge < -0.3 is 9.30 Å². The van der Waals surface area contributed by atoms with Crippen LogP contribution in [0.5, 0.6) is 0 Å². The number of carbonyl (C=O) groups is 1. The standard InChI is InChI=1S/C24H31IN2O4S/c1-17(28)16-27-18(2)21(22-15-24(3,25)9-8-23(22)27)14-19-4-6-20(7-5-19)32(29,30)26-10-12-31-13-11-26/h4-7H,8-16H2,1-3H3. The highest BCUT2D eigenvalue weighted by Crippen LogP contribution is 2.40. The van der Waals surface area contributed by atoms with Crippen molar-refractivity contribution in [3.05, 3.63) is 52.3 Å². The zero-order chi connectivity index (χ0) is 23.1. The van der Waals surface area contributed by atoms with E-state index >= 15 is 0 Å². The maximum absolute atomic E-state index is 12.9. The van der Waals surface area contributed by atoms with Gasteiger partial charge in [0.05, 0.1) is 24.7 Å². The second kappa shape index (κ2) is 9.19. The van der Waals surface area contributed by atoms with E-state index in [0.717, 1.165) is 36.9 Å². The molecule has 1 saturated heterocycles. The maximum Gasteiger partial charge on any atom is 0.243 e. The van der Waals surface area contributed by atoms with Gasteiger partial charge >= 0.3 is 0 Å². The lowest BCUT2D eigenvalue weighted by Crippen LogP contribution is -2.40. The molecule has 1 aliphatic carbocycles. The SMILES string of the molecule is CC(=O)Cn1c(C)c(Cc2ccc(S(=O)(=O)N3CCOCC3)cc2)c2c1CCC(C)(I)C2. The van der Waals surface area contributed by atoms with E-state index in [1.807, 2.05) is 12.1 Å². The molecule has 6 nitrogen and oxygen atoms in total. The number of ether oxygens (including phenoxy) is 1. The number of morpholine rings is 1. The summed E-state index contributed by atoms with van der Waals surface area (Å²) in [6.07, 6.45) is 3.83. The van der Waals surface area contributed by atoms with Gasteiger partial charge in [0.2, 0.25) is 10.0 Å². The highest BCUT2D eigenvalue weighted by Gasteiger charge is 2.33. The van der Waals surface area contributed by atoms with Gasteiger partial charge in [-0.05, 0) is 68.4 Å². The summed E-state index contributed by atoms with van der Waals surface area (Å²) in [5, 5.41) is 0. The summed E-state index contributed by atoms with van der Waals surface area (Å²) in [4.78, 5) is 12.2. The molecule has 2 aliphatic rings. The molecule has 0 amide bonds. The van der Waals surface area contributed by atoms with Crippen LogP contribution in [-0.4, -0.2) is 52.8 Å². The van der Waals surface area contributed by atoms with Gasteiger partial charge in [0.15, 0.2) is 0 Å². The number of hydrogen-bond donors (Lipinski definition) is 0. The quantitative estimate of drug-likeness (QED) is 0.393. The summed E-state index contributed by atoms with van der Waals surface area (Å²) >= 11 is 2.56. The third-order valence-corrected chi connectivity index (χ3v) is 9.43. The lowest BCUT2D eigenvalue weighted by molar-refractivity contribution is -0.117. The molecule has 0 spiro atoms. The van der Waals surface area contributed by atoms with Gasteiger partial charge in [-0.2, -0.15) is 4.31 Å². The number of hydrogen-bond acceptors (Lipinski definition) is 4. The first-order chi connectivity index (χ1) is 15.1. The Labute approximate surface area is 204 Å². The van der Waals surface area contributed by atoms with Crippen molar-refractivity contribution in [1.82, 2.24) is 8.87 Å². The van der Waals surface area contributed by atoms with Crippen LogP contribution < -0.4 is 0 Å². The number of fused-ring (bicyclic) bond motifs is 1. The lowest BCUT2D eigenvalue weighted by atomic mass is 9.85. The number of nitrogens with zero attached hydrogens (tertiary/aromatic N) is 2. The average Bonchev–Trinajstić information content (AvgIpc) is 2.98. The molecular weight excluding hydrogens is 539 g/mol. The number of aromatic nitrogens is 1. The summed E-state index contributed by atoms with van der Waals surface area (Å²) in [6.45, 7) is 8.14. The Morgan fingerprint density at radius 2 is 1.84 bits per heavy atom. The Balaban J connectivity index is 1.63. The van der Waals surface area contributed by atoms with E-state index in [9.17, 15) is 13.2 Å². The van der Waals surface area contributed by atoms with Crippen LogP contribution in [0.3, 0.4) is 0 Å². The van der Waals surface area contributed by atoms with Crippen LogP contribution >= 0.6 is 22.6 Å². The van der Waals surface area contributed by atoms with Crippen molar-refractivity contribution < 1.29 is 17.9 Å². The Morgan fingerprint density at radius 3 is 2.47 bits per heavy atom. The number of carbonyl (C=O) groups excluding carboxylic acids is 1. The molecule has 0 saturated carbocycles. The number of halogens is 1. The van der Waals surface area contributed by atoms with E-state index in [0.29, 0.717) is 37.7 Å². The third-order valence-electron chi connectivity index (χ3n) is 6.60. The molecule has 2 heterocycles. The molecule has 1 aromatic carbocycles. The van der Waals surface area contributed by atoms with Gasteiger partial charge in [0.25, 0.3) is 0 Å². The average molecular weight is 570 g/mol. The Bertz CT molecular complexity index is 1110. The molecule has 32 heavy (non-hydrogen) atoms. The smallest absolute Gasteiger partial charge is 0.243 e. The van der Waals surface area contributed by atoms with E-state index in [1.165, 1.54) is 21.1 Å². The molecule has 1 unspecified atom stereocenters. The minimum Gasteiger partial charge on any atom is -0.379 e. The largest absolute Gasteiger partial charge is 0.379 e. The van der Waals surface area contributed by atoms with E-state index in [2.05, 4.69) is 41.0 Å².